The maximum atomic E-state index is 11.6. The Bertz CT molecular complexity index is 1280. The van der Waals surface area contributed by atoms with Crippen LogP contribution in [-0.4, -0.2) is 71.6 Å². The van der Waals surface area contributed by atoms with E-state index in [1.54, 1.807) is 12.1 Å². The van der Waals surface area contributed by atoms with Gasteiger partial charge in [-0.2, -0.15) is 4.98 Å². The second kappa shape index (κ2) is 13.9. The van der Waals surface area contributed by atoms with Crippen LogP contribution in [0, 0.1) is 6.92 Å². The van der Waals surface area contributed by atoms with Gasteiger partial charge in [-0.25, -0.2) is 4.98 Å². The molecule has 3 aromatic rings. The number of amides is 1. The first-order valence-electron chi connectivity index (χ1n) is 13.2. The first kappa shape index (κ1) is 28.4. The normalized spacial score (nSPS) is 14.0. The quantitative estimate of drug-likeness (QED) is 0.203. The predicted octanol–water partition coefficient (Wildman–Crippen LogP) is 5.46. The second-order valence-electron chi connectivity index (χ2n) is 9.37. The Hall–Kier alpha value is -3.66. The van der Waals surface area contributed by atoms with Crippen LogP contribution < -0.4 is 20.7 Å². The van der Waals surface area contributed by atoms with Gasteiger partial charge in [0.1, 0.15) is 10.8 Å². The lowest BCUT2D eigenvalue weighted by molar-refractivity contribution is -0.111. The lowest BCUT2D eigenvalue weighted by Gasteiger charge is -2.33. The van der Waals surface area contributed by atoms with Gasteiger partial charge in [0, 0.05) is 49.8 Å². The molecule has 1 aliphatic heterocycles. The largest absolute Gasteiger partial charge is 0.494 e. The fourth-order valence-electron chi connectivity index (χ4n) is 4.31. The first-order valence-corrected chi connectivity index (χ1v) is 13.6. The van der Waals surface area contributed by atoms with Crippen molar-refractivity contribution in [2.45, 2.75) is 20.3 Å². The summed E-state index contributed by atoms with van der Waals surface area (Å²) in [7, 11) is 0. The summed E-state index contributed by atoms with van der Waals surface area (Å²) >= 11 is 6.35. The number of hydrogen-bond donors (Lipinski definition) is 3. The van der Waals surface area contributed by atoms with Gasteiger partial charge in [0.05, 0.1) is 12.8 Å². The Morgan fingerprint density at radius 2 is 1.87 bits per heavy atom. The van der Waals surface area contributed by atoms with Crippen LogP contribution in [0.15, 0.2) is 61.3 Å². The number of likely N-dealkylation sites (N-methyl/N-ethyl adjacent to an activating group) is 1. The van der Waals surface area contributed by atoms with Gasteiger partial charge in [0.25, 0.3) is 0 Å². The number of aryl methyl sites for hydroxylation is 1. The number of hydrogen-bond acceptors (Lipinski definition) is 8. The lowest BCUT2D eigenvalue weighted by Crippen LogP contribution is -2.46. The van der Waals surface area contributed by atoms with E-state index >= 15 is 0 Å². The summed E-state index contributed by atoms with van der Waals surface area (Å²) in [5.74, 6) is 1.40. The molecule has 0 bridgehead atoms. The topological polar surface area (TPSA) is 94.6 Å². The number of carbonyl (C=O) groups excluding carboxylic acids is 1. The zero-order valence-electron chi connectivity index (χ0n) is 22.5. The number of nitrogens with one attached hydrogen (secondary N) is 3. The number of nitrogens with zero attached hydrogens (tertiary/aromatic N) is 4. The van der Waals surface area contributed by atoms with E-state index in [-0.39, 0.29) is 5.91 Å². The number of ether oxygens (including phenoxy) is 1. The lowest BCUT2D eigenvalue weighted by atomic mass is 10.2. The summed E-state index contributed by atoms with van der Waals surface area (Å²) in [6, 6.07) is 13.2. The van der Waals surface area contributed by atoms with Crippen LogP contribution in [0.5, 0.6) is 5.75 Å². The number of carbonyl (C=O) groups is 1. The molecule has 2 heterocycles. The molecule has 1 fully saturated rings. The SMILES string of the molecule is C=CC(=O)Nc1cccc(Nc2nc(Nc3ccc(OCCCN4CCN(CC)CC4)cc3C)ncc2Cl)c1. The molecule has 10 heteroatoms. The molecule has 0 spiro atoms. The van der Waals surface area contributed by atoms with Crippen LogP contribution in [0.4, 0.5) is 28.8 Å². The van der Waals surface area contributed by atoms with Gasteiger partial charge in [0.15, 0.2) is 5.82 Å². The van der Waals surface area contributed by atoms with E-state index in [1.807, 2.05) is 37.3 Å². The Kier molecular flexibility index (Phi) is 10.1. The summed E-state index contributed by atoms with van der Waals surface area (Å²) in [5, 5.41) is 9.55. The van der Waals surface area contributed by atoms with Crippen molar-refractivity contribution in [2.24, 2.45) is 0 Å². The van der Waals surface area contributed by atoms with Gasteiger partial charge in [-0.15, -0.1) is 0 Å². The Morgan fingerprint density at radius 3 is 2.62 bits per heavy atom. The average Bonchev–Trinajstić information content (AvgIpc) is 2.94. The molecule has 39 heavy (non-hydrogen) atoms. The highest BCUT2D eigenvalue weighted by molar-refractivity contribution is 6.32. The summed E-state index contributed by atoms with van der Waals surface area (Å²) in [6.07, 6.45) is 3.76. The predicted molar refractivity (Wildman–Crippen MR) is 159 cm³/mol. The Balaban J connectivity index is 1.31. The number of benzene rings is 2. The molecule has 0 aliphatic carbocycles. The monoisotopic (exact) mass is 549 g/mol. The van der Waals surface area contributed by atoms with E-state index < -0.39 is 0 Å². The zero-order chi connectivity index (χ0) is 27.6. The maximum Gasteiger partial charge on any atom is 0.247 e. The van der Waals surface area contributed by atoms with Gasteiger partial charge in [-0.1, -0.05) is 31.2 Å². The number of halogens is 1. The molecule has 3 N–H and O–H groups in total. The van der Waals surface area contributed by atoms with Crippen molar-refractivity contribution in [2.75, 3.05) is 61.8 Å². The molecule has 1 aromatic heterocycles. The maximum absolute atomic E-state index is 11.6. The minimum atomic E-state index is -0.286. The van der Waals surface area contributed by atoms with Crippen LogP contribution in [0.3, 0.4) is 0 Å². The highest BCUT2D eigenvalue weighted by Crippen LogP contribution is 2.28. The third-order valence-electron chi connectivity index (χ3n) is 6.57. The Morgan fingerprint density at radius 1 is 1.10 bits per heavy atom. The van der Waals surface area contributed by atoms with E-state index in [2.05, 4.69) is 49.2 Å². The van der Waals surface area contributed by atoms with Crippen LogP contribution >= 0.6 is 11.6 Å². The molecule has 0 saturated carbocycles. The average molecular weight is 550 g/mol. The van der Waals surface area contributed by atoms with Gasteiger partial charge in [-0.3, -0.25) is 4.79 Å². The molecule has 206 valence electrons. The van der Waals surface area contributed by atoms with Crippen molar-refractivity contribution in [3.05, 3.63) is 71.9 Å². The molecule has 1 aliphatic rings. The number of aromatic nitrogens is 2. The van der Waals surface area contributed by atoms with E-state index in [4.69, 9.17) is 16.3 Å². The fraction of sp³-hybridized carbons (Fsp3) is 0.345. The van der Waals surface area contributed by atoms with Crippen molar-refractivity contribution >= 4 is 46.3 Å². The van der Waals surface area contributed by atoms with Crippen LogP contribution in [0.2, 0.25) is 5.02 Å². The van der Waals surface area contributed by atoms with Gasteiger partial charge < -0.3 is 30.5 Å². The summed E-state index contributed by atoms with van der Waals surface area (Å²) in [5.41, 5.74) is 3.23. The molecular weight excluding hydrogens is 514 g/mol. The fourth-order valence-corrected chi connectivity index (χ4v) is 4.45. The van der Waals surface area contributed by atoms with Crippen molar-refractivity contribution < 1.29 is 9.53 Å². The zero-order valence-corrected chi connectivity index (χ0v) is 23.3. The van der Waals surface area contributed by atoms with Crippen LogP contribution in [0.1, 0.15) is 18.9 Å². The summed E-state index contributed by atoms with van der Waals surface area (Å²) in [4.78, 5) is 25.5. The first-order chi connectivity index (χ1) is 18.9. The Labute approximate surface area is 235 Å². The van der Waals surface area contributed by atoms with Gasteiger partial charge in [0.2, 0.25) is 11.9 Å². The standard InChI is InChI=1S/C29H36ClN7O2/c1-4-27(38)32-22-8-6-9-23(19-22)33-28-25(30)20-31-29(35-28)34-26-11-10-24(18-21(26)3)39-17-7-12-37-15-13-36(5-2)14-16-37/h4,6,8-11,18-20H,1,5,7,12-17H2,2-3H3,(H,32,38)(H2,31,33,34,35). The van der Waals surface area contributed by atoms with Crippen molar-refractivity contribution in [3.63, 3.8) is 0 Å². The minimum absolute atomic E-state index is 0.286. The van der Waals surface area contributed by atoms with Crippen LogP contribution in [-0.2, 0) is 4.79 Å². The molecule has 0 unspecified atom stereocenters. The molecule has 0 radical (unpaired) electrons. The minimum Gasteiger partial charge on any atom is -0.494 e. The molecule has 1 saturated heterocycles. The third-order valence-corrected chi connectivity index (χ3v) is 6.84. The summed E-state index contributed by atoms with van der Waals surface area (Å²) < 4.78 is 6.01. The van der Waals surface area contributed by atoms with Crippen molar-refractivity contribution in [1.82, 2.24) is 19.8 Å². The molecule has 1 amide bonds. The number of piperazine rings is 1. The summed E-state index contributed by atoms with van der Waals surface area (Å²) in [6.45, 7) is 15.2. The molecule has 9 nitrogen and oxygen atoms in total. The highest BCUT2D eigenvalue weighted by Gasteiger charge is 2.15. The van der Waals surface area contributed by atoms with Gasteiger partial charge in [-0.05, 0) is 67.9 Å². The van der Waals surface area contributed by atoms with Crippen molar-refractivity contribution in [3.8, 4) is 5.75 Å². The molecule has 2 aromatic carbocycles. The van der Waals surface area contributed by atoms with E-state index in [0.29, 0.717) is 34.8 Å². The van der Waals surface area contributed by atoms with Crippen molar-refractivity contribution in [1.29, 1.82) is 0 Å². The number of anilines is 5. The van der Waals surface area contributed by atoms with E-state index in [1.165, 1.54) is 12.3 Å². The second-order valence-corrected chi connectivity index (χ2v) is 9.78. The van der Waals surface area contributed by atoms with Gasteiger partial charge >= 0.3 is 0 Å². The molecule has 0 atom stereocenters. The highest BCUT2D eigenvalue weighted by atomic mass is 35.5. The smallest absolute Gasteiger partial charge is 0.247 e. The van der Waals surface area contributed by atoms with E-state index in [9.17, 15) is 4.79 Å². The van der Waals surface area contributed by atoms with Crippen LogP contribution in [0.25, 0.3) is 0 Å². The third kappa shape index (κ3) is 8.41. The van der Waals surface area contributed by atoms with E-state index in [0.717, 1.165) is 62.7 Å². The molecular formula is C29H36ClN7O2. The molecule has 4 rings (SSSR count). The number of rotatable bonds is 12.